The lowest BCUT2D eigenvalue weighted by Crippen LogP contribution is -2.30. The Morgan fingerprint density at radius 2 is 1.85 bits per heavy atom. The molecular weight excluding hydrogens is 322 g/mol. The van der Waals surface area contributed by atoms with Crippen LogP contribution in [0.4, 0.5) is 0 Å². The largest absolute Gasteiger partial charge is 0.494 e. The molecule has 2 aromatic rings. The fraction of sp³-hybridized carbons (Fsp3) is 0.591. The van der Waals surface area contributed by atoms with E-state index in [0.717, 1.165) is 38.2 Å². The van der Waals surface area contributed by atoms with E-state index in [2.05, 4.69) is 60.8 Å². The molecule has 0 bridgehead atoms. The van der Waals surface area contributed by atoms with Gasteiger partial charge in [-0.15, -0.1) is 0 Å². The van der Waals surface area contributed by atoms with Gasteiger partial charge in [0, 0.05) is 24.6 Å². The number of unbranched alkanes of at least 4 members (excludes halogenated alkanes) is 1. The Kier molecular flexibility index (Phi) is 6.73. The average molecular weight is 356 g/mol. The molecule has 2 heterocycles. The van der Waals surface area contributed by atoms with Gasteiger partial charge in [0.15, 0.2) is 0 Å². The lowest BCUT2D eigenvalue weighted by Gasteiger charge is -2.29. The smallest absolute Gasteiger partial charge is 0.119 e. The standard InChI is InChI=1S/C22H33N3O/c1-4-6-15-26-21-9-7-18(8-10-21)16-20-17-22(25(5-2)23-20)19-11-13-24(3)14-12-19/h7-10,17,19H,4-6,11-16H2,1-3H3. The van der Waals surface area contributed by atoms with E-state index in [-0.39, 0.29) is 0 Å². The van der Waals surface area contributed by atoms with Crippen LogP contribution < -0.4 is 4.74 Å². The summed E-state index contributed by atoms with van der Waals surface area (Å²) in [7, 11) is 2.22. The molecule has 4 nitrogen and oxygen atoms in total. The Hall–Kier alpha value is -1.81. The first-order valence-corrected chi connectivity index (χ1v) is 10.2. The Morgan fingerprint density at radius 1 is 1.12 bits per heavy atom. The van der Waals surface area contributed by atoms with Gasteiger partial charge in [0.25, 0.3) is 0 Å². The molecule has 0 amide bonds. The summed E-state index contributed by atoms with van der Waals surface area (Å²) in [4.78, 5) is 2.42. The molecule has 1 fully saturated rings. The summed E-state index contributed by atoms with van der Waals surface area (Å²) in [6.45, 7) is 8.50. The van der Waals surface area contributed by atoms with Gasteiger partial charge < -0.3 is 9.64 Å². The van der Waals surface area contributed by atoms with E-state index >= 15 is 0 Å². The van der Waals surface area contributed by atoms with E-state index in [1.165, 1.54) is 42.9 Å². The molecule has 1 saturated heterocycles. The maximum absolute atomic E-state index is 5.76. The van der Waals surface area contributed by atoms with E-state index in [0.29, 0.717) is 5.92 Å². The second kappa shape index (κ2) is 9.22. The van der Waals surface area contributed by atoms with Crippen molar-refractivity contribution < 1.29 is 4.74 Å². The maximum atomic E-state index is 5.76. The molecule has 0 N–H and O–H groups in total. The van der Waals surface area contributed by atoms with Crippen molar-refractivity contribution >= 4 is 0 Å². The molecule has 0 atom stereocenters. The number of piperidine rings is 1. The van der Waals surface area contributed by atoms with Crippen molar-refractivity contribution in [3.05, 3.63) is 47.3 Å². The number of benzene rings is 1. The molecule has 26 heavy (non-hydrogen) atoms. The summed E-state index contributed by atoms with van der Waals surface area (Å²) in [6.07, 6.45) is 5.65. The van der Waals surface area contributed by atoms with Gasteiger partial charge >= 0.3 is 0 Å². The maximum Gasteiger partial charge on any atom is 0.119 e. The van der Waals surface area contributed by atoms with Gasteiger partial charge in [-0.3, -0.25) is 4.68 Å². The number of likely N-dealkylation sites (tertiary alicyclic amines) is 1. The first-order valence-electron chi connectivity index (χ1n) is 10.2. The van der Waals surface area contributed by atoms with Crippen molar-refractivity contribution in [3.8, 4) is 5.75 Å². The van der Waals surface area contributed by atoms with Crippen molar-refractivity contribution in [1.29, 1.82) is 0 Å². The number of aryl methyl sites for hydroxylation is 1. The molecule has 0 aliphatic carbocycles. The van der Waals surface area contributed by atoms with Gasteiger partial charge in [-0.05, 0) is 70.1 Å². The van der Waals surface area contributed by atoms with Gasteiger partial charge in [0.05, 0.1) is 12.3 Å². The predicted octanol–water partition coefficient (Wildman–Crippen LogP) is 4.48. The summed E-state index contributed by atoms with van der Waals surface area (Å²) < 4.78 is 7.97. The molecule has 0 unspecified atom stereocenters. The predicted molar refractivity (Wildman–Crippen MR) is 107 cm³/mol. The molecular formula is C22H33N3O. The highest BCUT2D eigenvalue weighted by atomic mass is 16.5. The Bertz CT molecular complexity index is 669. The van der Waals surface area contributed by atoms with Crippen molar-refractivity contribution in [2.75, 3.05) is 26.7 Å². The van der Waals surface area contributed by atoms with E-state index in [9.17, 15) is 0 Å². The zero-order valence-corrected chi connectivity index (χ0v) is 16.6. The molecule has 3 rings (SSSR count). The summed E-state index contributed by atoms with van der Waals surface area (Å²) >= 11 is 0. The number of ether oxygens (including phenoxy) is 1. The van der Waals surface area contributed by atoms with Crippen LogP contribution >= 0.6 is 0 Å². The minimum atomic E-state index is 0.654. The number of aromatic nitrogens is 2. The lowest BCUT2D eigenvalue weighted by molar-refractivity contribution is 0.250. The quantitative estimate of drug-likeness (QED) is 0.654. The Balaban J connectivity index is 1.64. The fourth-order valence-corrected chi connectivity index (χ4v) is 3.71. The van der Waals surface area contributed by atoms with Crippen LogP contribution in [0.1, 0.15) is 62.4 Å². The van der Waals surface area contributed by atoms with Crippen LogP contribution in [-0.4, -0.2) is 41.4 Å². The molecule has 1 aromatic carbocycles. The highest BCUT2D eigenvalue weighted by Crippen LogP contribution is 2.28. The fourth-order valence-electron chi connectivity index (χ4n) is 3.71. The molecule has 4 heteroatoms. The summed E-state index contributed by atoms with van der Waals surface area (Å²) in [5.41, 5.74) is 3.90. The van der Waals surface area contributed by atoms with Crippen molar-refractivity contribution in [3.63, 3.8) is 0 Å². The van der Waals surface area contributed by atoms with Gasteiger partial charge in [0.2, 0.25) is 0 Å². The highest BCUT2D eigenvalue weighted by Gasteiger charge is 2.22. The zero-order valence-electron chi connectivity index (χ0n) is 16.6. The molecule has 1 aliphatic rings. The third-order valence-electron chi connectivity index (χ3n) is 5.37. The van der Waals surface area contributed by atoms with Crippen LogP contribution in [-0.2, 0) is 13.0 Å². The minimum Gasteiger partial charge on any atom is -0.494 e. The second-order valence-electron chi connectivity index (χ2n) is 7.48. The Morgan fingerprint density at radius 3 is 2.50 bits per heavy atom. The third-order valence-corrected chi connectivity index (χ3v) is 5.37. The monoisotopic (exact) mass is 355 g/mol. The van der Waals surface area contributed by atoms with E-state index in [4.69, 9.17) is 9.84 Å². The molecule has 0 radical (unpaired) electrons. The second-order valence-corrected chi connectivity index (χ2v) is 7.48. The highest BCUT2D eigenvalue weighted by molar-refractivity contribution is 5.30. The molecule has 1 aromatic heterocycles. The van der Waals surface area contributed by atoms with Crippen molar-refractivity contribution in [1.82, 2.24) is 14.7 Å². The minimum absolute atomic E-state index is 0.654. The average Bonchev–Trinajstić information content (AvgIpc) is 3.07. The first-order chi connectivity index (χ1) is 12.7. The van der Waals surface area contributed by atoms with Gasteiger partial charge in [0.1, 0.15) is 5.75 Å². The SMILES string of the molecule is CCCCOc1ccc(Cc2cc(C3CCN(C)CC3)n(CC)n2)cc1. The number of nitrogens with zero attached hydrogens (tertiary/aromatic N) is 3. The van der Waals surface area contributed by atoms with E-state index in [1.807, 2.05) is 0 Å². The van der Waals surface area contributed by atoms with Gasteiger partial charge in [-0.1, -0.05) is 25.5 Å². The topological polar surface area (TPSA) is 30.3 Å². The molecule has 0 spiro atoms. The summed E-state index contributed by atoms with van der Waals surface area (Å²) in [5, 5.41) is 4.87. The van der Waals surface area contributed by atoms with Gasteiger partial charge in [-0.2, -0.15) is 5.10 Å². The number of rotatable bonds is 8. The van der Waals surface area contributed by atoms with Crippen LogP contribution in [0.15, 0.2) is 30.3 Å². The third kappa shape index (κ3) is 4.88. The molecule has 1 aliphatic heterocycles. The summed E-state index contributed by atoms with van der Waals surface area (Å²) in [6, 6.07) is 10.8. The first kappa shape index (κ1) is 19.0. The summed E-state index contributed by atoms with van der Waals surface area (Å²) in [5.74, 6) is 1.62. The van der Waals surface area contributed by atoms with E-state index < -0.39 is 0 Å². The van der Waals surface area contributed by atoms with Crippen LogP contribution in [0, 0.1) is 0 Å². The number of hydrogen-bond donors (Lipinski definition) is 0. The zero-order chi connectivity index (χ0) is 18.4. The van der Waals surface area contributed by atoms with E-state index in [1.54, 1.807) is 0 Å². The van der Waals surface area contributed by atoms with Crippen molar-refractivity contribution in [2.45, 2.75) is 58.4 Å². The number of hydrogen-bond acceptors (Lipinski definition) is 3. The Labute approximate surface area is 158 Å². The van der Waals surface area contributed by atoms with Crippen molar-refractivity contribution in [2.24, 2.45) is 0 Å². The van der Waals surface area contributed by atoms with Crippen LogP contribution in [0.2, 0.25) is 0 Å². The van der Waals surface area contributed by atoms with Crippen LogP contribution in [0.3, 0.4) is 0 Å². The normalized spacial score (nSPS) is 16.1. The lowest BCUT2D eigenvalue weighted by atomic mass is 9.93. The van der Waals surface area contributed by atoms with Gasteiger partial charge in [-0.25, -0.2) is 0 Å². The molecule has 0 saturated carbocycles. The van der Waals surface area contributed by atoms with Crippen LogP contribution in [0.25, 0.3) is 0 Å². The molecule has 142 valence electrons. The van der Waals surface area contributed by atoms with Crippen LogP contribution in [0.5, 0.6) is 5.75 Å².